The fourth-order valence-corrected chi connectivity index (χ4v) is 2.05. The first-order chi connectivity index (χ1) is 8.33. The summed E-state index contributed by atoms with van der Waals surface area (Å²) in [5, 5.41) is 0. The van der Waals surface area contributed by atoms with E-state index in [0.717, 1.165) is 0 Å². The van der Waals surface area contributed by atoms with Gasteiger partial charge in [-0.05, 0) is 24.2 Å². The lowest BCUT2D eigenvalue weighted by atomic mass is 9.61. The zero-order valence-electron chi connectivity index (χ0n) is 13.5. The number of carbonyl (C=O) groups is 2. The molecule has 0 aliphatic heterocycles. The van der Waals surface area contributed by atoms with E-state index in [4.69, 9.17) is 4.74 Å². The number of ether oxygens (including phenoxy) is 2. The number of hydrogen-bond donors (Lipinski definition) is 0. The quantitative estimate of drug-likeness (QED) is 0.737. The Bertz CT molecular complexity index is 333. The van der Waals surface area contributed by atoms with Crippen molar-refractivity contribution >= 4 is 11.9 Å². The van der Waals surface area contributed by atoms with Gasteiger partial charge in [0.2, 0.25) is 0 Å². The maximum absolute atomic E-state index is 12.4. The van der Waals surface area contributed by atoms with Crippen molar-refractivity contribution in [2.24, 2.45) is 16.2 Å². The van der Waals surface area contributed by atoms with Crippen molar-refractivity contribution in [2.75, 3.05) is 13.7 Å². The van der Waals surface area contributed by atoms with Gasteiger partial charge in [0.15, 0.2) is 6.61 Å². The summed E-state index contributed by atoms with van der Waals surface area (Å²) in [5.74, 6) is -0.888. The smallest absolute Gasteiger partial charge is 0.344 e. The minimum absolute atomic E-state index is 0.00762. The van der Waals surface area contributed by atoms with E-state index in [1.807, 2.05) is 27.7 Å². The molecule has 0 spiro atoms. The molecule has 0 heterocycles. The molecule has 0 aliphatic rings. The first-order valence-corrected chi connectivity index (χ1v) is 6.57. The van der Waals surface area contributed by atoms with Gasteiger partial charge in [0.05, 0.1) is 12.5 Å². The summed E-state index contributed by atoms with van der Waals surface area (Å²) in [6.45, 7) is 13.9. The lowest BCUT2D eigenvalue weighted by Crippen LogP contribution is -2.44. The van der Waals surface area contributed by atoms with E-state index < -0.39 is 11.4 Å². The highest BCUT2D eigenvalue weighted by Gasteiger charge is 2.47. The molecule has 0 saturated heterocycles. The first kappa shape index (κ1) is 17.9. The number of methoxy groups -OCH3 is 1. The van der Waals surface area contributed by atoms with Gasteiger partial charge in [-0.1, -0.05) is 41.5 Å². The van der Waals surface area contributed by atoms with Crippen LogP contribution in [0.5, 0.6) is 0 Å². The Morgan fingerprint density at radius 1 is 0.947 bits per heavy atom. The zero-order chi connectivity index (χ0) is 15.5. The second kappa shape index (κ2) is 5.93. The fraction of sp³-hybridized carbons (Fsp3) is 0.867. The molecular formula is C15H28O4. The molecule has 0 saturated carbocycles. The normalized spacial score (nSPS) is 15.6. The highest BCUT2D eigenvalue weighted by Crippen LogP contribution is 2.47. The molecule has 0 aromatic carbocycles. The average Bonchev–Trinajstić information content (AvgIpc) is 2.21. The average molecular weight is 272 g/mol. The third kappa shape index (κ3) is 5.21. The third-order valence-corrected chi connectivity index (χ3v) is 3.54. The Balaban J connectivity index is 5.06. The standard InChI is InChI=1S/C15H28O4/c1-13(2,3)10-15(7,14(4,5)6)12(17)19-9-11(16)18-8/h9-10H2,1-8H3. The molecule has 0 bridgehead atoms. The lowest BCUT2D eigenvalue weighted by molar-refractivity contribution is -0.171. The van der Waals surface area contributed by atoms with Crippen molar-refractivity contribution in [3.8, 4) is 0 Å². The fourth-order valence-electron chi connectivity index (χ4n) is 2.05. The molecular weight excluding hydrogens is 244 g/mol. The molecule has 0 amide bonds. The maximum Gasteiger partial charge on any atom is 0.344 e. The number of rotatable bonds is 4. The molecule has 0 N–H and O–H groups in total. The summed E-state index contributed by atoms with van der Waals surface area (Å²) in [6, 6.07) is 0. The monoisotopic (exact) mass is 272 g/mol. The lowest BCUT2D eigenvalue weighted by Gasteiger charge is -2.43. The van der Waals surface area contributed by atoms with Crippen LogP contribution in [0.15, 0.2) is 0 Å². The van der Waals surface area contributed by atoms with E-state index in [1.54, 1.807) is 0 Å². The molecule has 4 nitrogen and oxygen atoms in total. The summed E-state index contributed by atoms with van der Waals surface area (Å²) in [5.41, 5.74) is -0.918. The third-order valence-electron chi connectivity index (χ3n) is 3.54. The van der Waals surface area contributed by atoms with Gasteiger partial charge in [0.25, 0.3) is 0 Å². The largest absolute Gasteiger partial charge is 0.466 e. The number of hydrogen-bond acceptors (Lipinski definition) is 4. The van der Waals surface area contributed by atoms with Crippen molar-refractivity contribution < 1.29 is 19.1 Å². The van der Waals surface area contributed by atoms with Crippen molar-refractivity contribution in [1.29, 1.82) is 0 Å². The molecule has 0 aromatic heterocycles. The van der Waals surface area contributed by atoms with Crippen LogP contribution < -0.4 is 0 Å². The summed E-state index contributed by atoms with van der Waals surface area (Å²) in [6.07, 6.45) is 0.684. The summed E-state index contributed by atoms with van der Waals surface area (Å²) >= 11 is 0. The van der Waals surface area contributed by atoms with E-state index in [1.165, 1.54) is 7.11 Å². The Morgan fingerprint density at radius 2 is 1.42 bits per heavy atom. The van der Waals surface area contributed by atoms with Crippen LogP contribution in [0, 0.1) is 16.2 Å². The van der Waals surface area contributed by atoms with Crippen LogP contribution in [0.3, 0.4) is 0 Å². The van der Waals surface area contributed by atoms with Gasteiger partial charge in [0, 0.05) is 0 Å². The maximum atomic E-state index is 12.4. The molecule has 1 atom stereocenters. The van der Waals surface area contributed by atoms with Crippen LogP contribution in [-0.4, -0.2) is 25.7 Å². The van der Waals surface area contributed by atoms with E-state index >= 15 is 0 Å². The highest BCUT2D eigenvalue weighted by atomic mass is 16.6. The molecule has 0 fully saturated rings. The topological polar surface area (TPSA) is 52.6 Å². The predicted molar refractivity (Wildman–Crippen MR) is 74.6 cm³/mol. The molecule has 1 unspecified atom stereocenters. The van der Waals surface area contributed by atoms with Crippen molar-refractivity contribution in [2.45, 2.75) is 54.9 Å². The van der Waals surface area contributed by atoms with Crippen LogP contribution in [-0.2, 0) is 19.1 Å². The Kier molecular flexibility index (Phi) is 5.60. The molecule has 0 radical (unpaired) electrons. The SMILES string of the molecule is COC(=O)COC(=O)C(C)(CC(C)(C)C)C(C)(C)C. The van der Waals surface area contributed by atoms with E-state index in [2.05, 4.69) is 25.5 Å². The van der Waals surface area contributed by atoms with Crippen molar-refractivity contribution in [3.05, 3.63) is 0 Å². The number of carbonyl (C=O) groups excluding carboxylic acids is 2. The first-order valence-electron chi connectivity index (χ1n) is 6.57. The second-order valence-electron chi connectivity index (χ2n) is 7.47. The van der Waals surface area contributed by atoms with Gasteiger partial charge in [-0.25, -0.2) is 4.79 Å². The molecule has 19 heavy (non-hydrogen) atoms. The van der Waals surface area contributed by atoms with Crippen LogP contribution in [0.2, 0.25) is 0 Å². The van der Waals surface area contributed by atoms with Gasteiger partial charge >= 0.3 is 11.9 Å². The van der Waals surface area contributed by atoms with Crippen LogP contribution >= 0.6 is 0 Å². The summed E-state index contributed by atoms with van der Waals surface area (Å²) in [7, 11) is 1.27. The molecule has 0 aromatic rings. The molecule has 4 heteroatoms. The summed E-state index contributed by atoms with van der Waals surface area (Å²) < 4.78 is 9.60. The molecule has 112 valence electrons. The van der Waals surface area contributed by atoms with E-state index in [-0.39, 0.29) is 23.4 Å². The zero-order valence-corrected chi connectivity index (χ0v) is 13.5. The Labute approximate surface area is 116 Å². The van der Waals surface area contributed by atoms with Gasteiger partial charge in [-0.2, -0.15) is 0 Å². The van der Waals surface area contributed by atoms with Crippen LogP contribution in [0.4, 0.5) is 0 Å². The second-order valence-corrected chi connectivity index (χ2v) is 7.47. The van der Waals surface area contributed by atoms with Gasteiger partial charge in [-0.3, -0.25) is 4.79 Å². The van der Waals surface area contributed by atoms with Crippen molar-refractivity contribution in [3.63, 3.8) is 0 Å². The highest BCUT2D eigenvalue weighted by molar-refractivity contribution is 5.80. The van der Waals surface area contributed by atoms with Crippen molar-refractivity contribution in [1.82, 2.24) is 0 Å². The predicted octanol–water partition coefficient (Wildman–Crippen LogP) is 3.19. The minimum Gasteiger partial charge on any atom is -0.466 e. The Hall–Kier alpha value is -1.06. The van der Waals surface area contributed by atoms with Crippen LogP contribution in [0.25, 0.3) is 0 Å². The van der Waals surface area contributed by atoms with Gasteiger partial charge in [-0.15, -0.1) is 0 Å². The van der Waals surface area contributed by atoms with Gasteiger partial charge < -0.3 is 9.47 Å². The van der Waals surface area contributed by atoms with E-state index in [0.29, 0.717) is 6.42 Å². The summed E-state index contributed by atoms with van der Waals surface area (Å²) in [4.78, 5) is 23.5. The van der Waals surface area contributed by atoms with E-state index in [9.17, 15) is 9.59 Å². The number of esters is 2. The Morgan fingerprint density at radius 3 is 1.74 bits per heavy atom. The molecule has 0 rings (SSSR count). The van der Waals surface area contributed by atoms with Crippen LogP contribution in [0.1, 0.15) is 54.9 Å². The minimum atomic E-state index is -0.654. The van der Waals surface area contributed by atoms with Gasteiger partial charge in [0.1, 0.15) is 0 Å². The molecule has 0 aliphatic carbocycles.